The van der Waals surface area contributed by atoms with Crippen molar-refractivity contribution in [3.8, 4) is 0 Å². The van der Waals surface area contributed by atoms with E-state index in [-0.39, 0.29) is 17.9 Å². The van der Waals surface area contributed by atoms with E-state index in [2.05, 4.69) is 25.9 Å². The third-order valence-electron chi connectivity index (χ3n) is 4.07. The van der Waals surface area contributed by atoms with Crippen molar-refractivity contribution in [3.05, 3.63) is 42.2 Å². The number of benzene rings is 1. The van der Waals surface area contributed by atoms with Crippen molar-refractivity contribution in [3.63, 3.8) is 0 Å². The molecule has 3 rings (SSSR count). The topological polar surface area (TPSA) is 96.0 Å². The summed E-state index contributed by atoms with van der Waals surface area (Å²) in [5.41, 5.74) is 1.97. The molecule has 1 aliphatic carbocycles. The SMILES string of the molecule is CC(=O)Nc1ccc(Nc2ncc(C(=O)NC3CCCC3)cn2)cc1. The maximum atomic E-state index is 12.1. The predicted octanol–water partition coefficient (Wildman–Crippen LogP) is 2.85. The van der Waals surface area contributed by atoms with Gasteiger partial charge in [0.1, 0.15) is 0 Å². The molecule has 0 unspecified atom stereocenters. The molecule has 0 atom stereocenters. The van der Waals surface area contributed by atoms with Crippen LogP contribution in [0.3, 0.4) is 0 Å². The average molecular weight is 339 g/mol. The van der Waals surface area contributed by atoms with Crippen molar-refractivity contribution in [2.45, 2.75) is 38.6 Å². The number of hydrogen-bond donors (Lipinski definition) is 3. The summed E-state index contributed by atoms with van der Waals surface area (Å²) >= 11 is 0. The van der Waals surface area contributed by atoms with E-state index in [1.54, 1.807) is 12.1 Å². The molecule has 130 valence electrons. The summed E-state index contributed by atoms with van der Waals surface area (Å²) in [7, 11) is 0. The first-order valence-corrected chi connectivity index (χ1v) is 8.38. The van der Waals surface area contributed by atoms with Gasteiger partial charge >= 0.3 is 0 Å². The maximum absolute atomic E-state index is 12.1. The summed E-state index contributed by atoms with van der Waals surface area (Å²) in [5, 5.41) is 8.77. The summed E-state index contributed by atoms with van der Waals surface area (Å²) in [6, 6.07) is 7.47. The normalized spacial score (nSPS) is 14.1. The highest BCUT2D eigenvalue weighted by Crippen LogP contribution is 2.19. The van der Waals surface area contributed by atoms with Crippen LogP contribution in [0, 0.1) is 0 Å². The number of amides is 2. The van der Waals surface area contributed by atoms with Gasteiger partial charge in [0.25, 0.3) is 5.91 Å². The van der Waals surface area contributed by atoms with Crippen LogP contribution in [0.25, 0.3) is 0 Å². The summed E-state index contributed by atoms with van der Waals surface area (Å²) in [4.78, 5) is 31.5. The Labute approximate surface area is 146 Å². The number of aromatic nitrogens is 2. The van der Waals surface area contributed by atoms with Crippen LogP contribution in [-0.4, -0.2) is 27.8 Å². The van der Waals surface area contributed by atoms with Gasteiger partial charge in [-0.2, -0.15) is 0 Å². The first-order chi connectivity index (χ1) is 12.1. The molecule has 2 amide bonds. The first-order valence-electron chi connectivity index (χ1n) is 8.38. The Morgan fingerprint density at radius 1 is 1.00 bits per heavy atom. The van der Waals surface area contributed by atoms with E-state index < -0.39 is 0 Å². The molecule has 1 fully saturated rings. The minimum absolute atomic E-state index is 0.115. The van der Waals surface area contributed by atoms with E-state index >= 15 is 0 Å². The van der Waals surface area contributed by atoms with Gasteiger partial charge in [-0.25, -0.2) is 9.97 Å². The molecule has 7 nitrogen and oxygen atoms in total. The van der Waals surface area contributed by atoms with E-state index in [9.17, 15) is 9.59 Å². The average Bonchev–Trinajstić information content (AvgIpc) is 3.10. The molecule has 0 radical (unpaired) electrons. The Morgan fingerprint density at radius 2 is 1.60 bits per heavy atom. The van der Waals surface area contributed by atoms with Crippen LogP contribution in [-0.2, 0) is 4.79 Å². The standard InChI is InChI=1S/C18H21N5O2/c1-12(24)21-15-6-8-16(9-7-15)23-18-19-10-13(11-20-18)17(25)22-14-4-2-3-5-14/h6-11,14H,2-5H2,1H3,(H,21,24)(H,22,25)(H,19,20,23). The van der Waals surface area contributed by atoms with Gasteiger partial charge in [0.15, 0.2) is 0 Å². The van der Waals surface area contributed by atoms with Gasteiger partial charge in [0.2, 0.25) is 11.9 Å². The van der Waals surface area contributed by atoms with Crippen LogP contribution in [0.4, 0.5) is 17.3 Å². The van der Waals surface area contributed by atoms with Gasteiger partial charge in [0.05, 0.1) is 5.56 Å². The smallest absolute Gasteiger partial charge is 0.254 e. The van der Waals surface area contributed by atoms with Crippen LogP contribution in [0.15, 0.2) is 36.7 Å². The lowest BCUT2D eigenvalue weighted by Crippen LogP contribution is -2.32. The maximum Gasteiger partial charge on any atom is 0.254 e. The highest BCUT2D eigenvalue weighted by molar-refractivity contribution is 5.94. The fourth-order valence-corrected chi connectivity index (χ4v) is 2.82. The zero-order chi connectivity index (χ0) is 17.6. The minimum Gasteiger partial charge on any atom is -0.349 e. The van der Waals surface area contributed by atoms with Gasteiger partial charge in [-0.3, -0.25) is 9.59 Å². The Hall–Kier alpha value is -2.96. The Balaban J connectivity index is 1.58. The monoisotopic (exact) mass is 339 g/mol. The highest BCUT2D eigenvalue weighted by Gasteiger charge is 2.18. The lowest BCUT2D eigenvalue weighted by Gasteiger charge is -2.11. The van der Waals surface area contributed by atoms with Crippen molar-refractivity contribution in [2.24, 2.45) is 0 Å². The van der Waals surface area contributed by atoms with E-state index in [1.807, 2.05) is 12.1 Å². The summed E-state index contributed by atoms with van der Waals surface area (Å²) in [5.74, 6) is 0.165. The predicted molar refractivity (Wildman–Crippen MR) is 95.8 cm³/mol. The number of anilines is 3. The molecule has 1 aromatic heterocycles. The Kier molecular flexibility index (Phi) is 5.23. The molecular formula is C18H21N5O2. The number of nitrogens with zero attached hydrogens (tertiary/aromatic N) is 2. The van der Waals surface area contributed by atoms with Crippen LogP contribution < -0.4 is 16.0 Å². The molecule has 0 bridgehead atoms. The van der Waals surface area contributed by atoms with Crippen molar-refractivity contribution >= 4 is 29.1 Å². The van der Waals surface area contributed by atoms with Gasteiger partial charge < -0.3 is 16.0 Å². The molecule has 1 aliphatic rings. The number of hydrogen-bond acceptors (Lipinski definition) is 5. The van der Waals surface area contributed by atoms with Crippen molar-refractivity contribution in [1.82, 2.24) is 15.3 Å². The zero-order valence-electron chi connectivity index (χ0n) is 14.1. The third-order valence-corrected chi connectivity index (χ3v) is 4.07. The van der Waals surface area contributed by atoms with Gasteiger partial charge in [-0.05, 0) is 37.1 Å². The second kappa shape index (κ2) is 7.74. The molecule has 0 saturated heterocycles. The lowest BCUT2D eigenvalue weighted by atomic mass is 10.2. The van der Waals surface area contributed by atoms with Gasteiger partial charge in [0, 0.05) is 36.7 Å². The van der Waals surface area contributed by atoms with Crippen molar-refractivity contribution in [1.29, 1.82) is 0 Å². The quantitative estimate of drug-likeness (QED) is 0.778. The largest absolute Gasteiger partial charge is 0.349 e. The van der Waals surface area contributed by atoms with Crippen molar-refractivity contribution < 1.29 is 9.59 Å². The number of rotatable bonds is 5. The summed E-state index contributed by atoms with van der Waals surface area (Å²) in [6.45, 7) is 1.46. The van der Waals surface area contributed by atoms with Crippen LogP contribution in [0.1, 0.15) is 43.0 Å². The fraction of sp³-hybridized carbons (Fsp3) is 0.333. The Morgan fingerprint density at radius 3 is 2.20 bits per heavy atom. The van der Waals surface area contributed by atoms with E-state index in [0.29, 0.717) is 11.5 Å². The van der Waals surface area contributed by atoms with E-state index in [0.717, 1.165) is 24.2 Å². The molecule has 3 N–H and O–H groups in total. The minimum atomic E-state index is -0.127. The number of carbonyl (C=O) groups is 2. The molecule has 25 heavy (non-hydrogen) atoms. The molecule has 7 heteroatoms. The van der Waals surface area contributed by atoms with E-state index in [4.69, 9.17) is 0 Å². The lowest BCUT2D eigenvalue weighted by molar-refractivity contribution is -0.114. The van der Waals surface area contributed by atoms with Crippen LogP contribution in [0.5, 0.6) is 0 Å². The molecule has 0 spiro atoms. The molecule has 0 aliphatic heterocycles. The molecule has 1 saturated carbocycles. The molecular weight excluding hydrogens is 318 g/mol. The zero-order valence-corrected chi connectivity index (χ0v) is 14.1. The Bertz CT molecular complexity index is 737. The van der Waals surface area contributed by atoms with Gasteiger partial charge in [-0.1, -0.05) is 12.8 Å². The molecule has 1 aromatic carbocycles. The van der Waals surface area contributed by atoms with Gasteiger partial charge in [-0.15, -0.1) is 0 Å². The van der Waals surface area contributed by atoms with Crippen molar-refractivity contribution in [2.75, 3.05) is 10.6 Å². The highest BCUT2D eigenvalue weighted by atomic mass is 16.2. The second-order valence-electron chi connectivity index (χ2n) is 6.13. The fourth-order valence-electron chi connectivity index (χ4n) is 2.82. The number of carbonyl (C=O) groups excluding carboxylic acids is 2. The van der Waals surface area contributed by atoms with Crippen LogP contribution in [0.2, 0.25) is 0 Å². The summed E-state index contributed by atoms with van der Waals surface area (Å²) < 4.78 is 0. The first kappa shape index (κ1) is 16.9. The second-order valence-corrected chi connectivity index (χ2v) is 6.13. The molecule has 1 heterocycles. The van der Waals surface area contributed by atoms with Crippen LogP contribution >= 0.6 is 0 Å². The third kappa shape index (κ3) is 4.76. The summed E-state index contributed by atoms with van der Waals surface area (Å²) in [6.07, 6.45) is 7.47. The number of nitrogens with one attached hydrogen (secondary N) is 3. The molecule has 2 aromatic rings. The van der Waals surface area contributed by atoms with E-state index in [1.165, 1.54) is 32.2 Å².